The van der Waals surface area contributed by atoms with Crippen molar-refractivity contribution in [2.75, 3.05) is 19.6 Å². The Hall–Kier alpha value is -8.27. The Morgan fingerprint density at radius 1 is 0.364 bits per heavy atom. The van der Waals surface area contributed by atoms with Crippen molar-refractivity contribution in [2.45, 2.75) is 211 Å². The number of unbranched alkanes of at least 4 members (excludes halogenated alkanes) is 2. The average Bonchev–Trinajstić information content (AvgIpc) is 3.52. The average molecular weight is 1260 g/mol. The molecule has 88 heavy (non-hydrogen) atoms. The summed E-state index contributed by atoms with van der Waals surface area (Å²) >= 11 is 0. The molecule has 0 aromatic carbocycles. The predicted octanol–water partition coefficient (Wildman–Crippen LogP) is -4.11. The molecule has 0 aromatic heterocycles. The van der Waals surface area contributed by atoms with Gasteiger partial charge in [-0.25, -0.2) is 4.79 Å². The lowest BCUT2D eigenvalue weighted by molar-refractivity contribution is -0.143. The number of aliphatic imine (C=N–C) groups is 1. The number of guanidine groups is 1. The number of carbonyl (C=O) groups is 14. The van der Waals surface area contributed by atoms with Crippen molar-refractivity contribution in [1.29, 1.82) is 0 Å². The van der Waals surface area contributed by atoms with Crippen molar-refractivity contribution in [2.24, 2.45) is 51.4 Å². The molecule has 0 rings (SSSR count). The number of carboxylic acids is 5. The number of nitrogens with zero attached hydrogens (tertiary/aromatic N) is 1. The van der Waals surface area contributed by atoms with E-state index in [0.717, 1.165) is 0 Å². The highest BCUT2D eigenvalue weighted by atomic mass is 16.4. The SMILES string of the molecule is CC(C)C[C@H](NC(=O)[C@H](CCC(=O)O)NC(=O)[C@H](CCC(=O)O)NC(=O)[C@@H](N)CCC(=O)O)C(=O)N[C@H](C(=O)N[C@@H](CCCCN)C(=O)N[C@H](C(=O)N[C@@H](CCCN=C(N)N)C(=O)N[C@@H](CCC(=O)O)C(=O)N[C@@H](CCCCN)C(=O)O)C(C)C)C(C)C. The van der Waals surface area contributed by atoms with Crippen LogP contribution in [0.3, 0.4) is 0 Å². The number of nitrogens with one attached hydrogen (secondary N) is 9. The maximum Gasteiger partial charge on any atom is 0.326 e. The van der Waals surface area contributed by atoms with E-state index in [1.165, 1.54) is 0 Å². The molecular weight excluding hydrogens is 1160 g/mol. The Morgan fingerprint density at radius 3 is 1.00 bits per heavy atom. The second-order valence-corrected chi connectivity index (χ2v) is 22.2. The quantitative estimate of drug-likeness (QED) is 0.0156. The molecule has 34 heteroatoms. The minimum absolute atomic E-state index is 0.0313. The van der Waals surface area contributed by atoms with Gasteiger partial charge in [0, 0.05) is 32.2 Å². The molecule has 24 N–H and O–H groups in total. The lowest BCUT2D eigenvalue weighted by Gasteiger charge is -2.30. The summed E-state index contributed by atoms with van der Waals surface area (Å²) in [6.45, 7) is 10.00. The van der Waals surface area contributed by atoms with Crippen LogP contribution in [0.4, 0.5) is 0 Å². The Bertz CT molecular complexity index is 2390. The van der Waals surface area contributed by atoms with Crippen LogP contribution in [0.5, 0.6) is 0 Å². The first-order valence-corrected chi connectivity index (χ1v) is 29.2. The zero-order valence-corrected chi connectivity index (χ0v) is 50.9. The number of nitrogens with two attached hydrogens (primary N) is 5. The number of carbonyl (C=O) groups excluding carboxylic acids is 9. The van der Waals surface area contributed by atoms with Crippen LogP contribution in [0.2, 0.25) is 0 Å². The fourth-order valence-electron chi connectivity index (χ4n) is 8.48. The van der Waals surface area contributed by atoms with Crippen LogP contribution >= 0.6 is 0 Å². The van der Waals surface area contributed by atoms with Crippen molar-refractivity contribution in [1.82, 2.24) is 47.9 Å². The topological polar surface area (TPSA) is 591 Å². The van der Waals surface area contributed by atoms with E-state index in [0.29, 0.717) is 19.3 Å². The molecule has 34 nitrogen and oxygen atoms in total. The van der Waals surface area contributed by atoms with Crippen molar-refractivity contribution in [3.63, 3.8) is 0 Å². The maximum absolute atomic E-state index is 14.3. The molecule has 0 aliphatic rings. The fraction of sp³-hybridized carbons (Fsp3) is 0.722. The van der Waals surface area contributed by atoms with Crippen LogP contribution in [0.1, 0.15) is 151 Å². The van der Waals surface area contributed by atoms with Crippen LogP contribution in [-0.2, 0) is 67.1 Å². The van der Waals surface area contributed by atoms with Gasteiger partial charge in [-0.1, -0.05) is 41.5 Å². The molecule has 0 aromatic rings. The summed E-state index contributed by atoms with van der Waals surface area (Å²) in [6, 6.07) is -15.1. The van der Waals surface area contributed by atoms with Crippen LogP contribution in [-0.4, -0.2) is 195 Å². The lowest BCUT2D eigenvalue weighted by Crippen LogP contribution is -2.61. The summed E-state index contributed by atoms with van der Waals surface area (Å²) in [5, 5.41) is 69.3. The van der Waals surface area contributed by atoms with E-state index in [-0.39, 0.29) is 76.5 Å². The standard InChI is InChI=1S/C54H95N15O19/c1-27(2)26-37(67-48(82)35(18-22-41(76)77)63-46(80)33(16-20-39(72)73)61-44(78)30(57)15-19-38(70)71)50(84)69-43(29(5)6)52(86)64-31(12-7-9-23-55)49(83)68-42(28(3)4)51(85)65-32(14-11-25-60-54(58)59)45(79)62-34(17-21-40(74)75)47(81)66-36(53(87)88)13-8-10-24-56/h27-37,42-43H,7-26,55-57H2,1-6H3,(H,61,78)(H,62,79)(H,63,80)(H,64,86)(H,65,85)(H,66,81)(H,67,82)(H,68,83)(H,69,84)(H,70,71)(H,72,73)(H,74,75)(H,76,77)(H,87,88)(H4,58,59,60)/t30-,31-,32-,33-,34-,35-,36-,37-,42-,43-/m0/s1. The van der Waals surface area contributed by atoms with Gasteiger partial charge < -0.3 is 102 Å². The van der Waals surface area contributed by atoms with Crippen LogP contribution in [0.15, 0.2) is 4.99 Å². The van der Waals surface area contributed by atoms with E-state index < -0.39 is 200 Å². The molecule has 500 valence electrons. The number of hydrogen-bond acceptors (Lipinski definition) is 18. The highest BCUT2D eigenvalue weighted by Crippen LogP contribution is 2.14. The third-order valence-corrected chi connectivity index (χ3v) is 13.4. The molecular formula is C54H95N15O19. The van der Waals surface area contributed by atoms with Gasteiger partial charge in [0.25, 0.3) is 0 Å². The van der Waals surface area contributed by atoms with E-state index >= 15 is 0 Å². The molecule has 0 spiro atoms. The number of carboxylic acid groups (broad SMARTS) is 5. The van der Waals surface area contributed by atoms with E-state index in [1.807, 2.05) is 0 Å². The second kappa shape index (κ2) is 42.6. The monoisotopic (exact) mass is 1260 g/mol. The molecule has 0 unspecified atom stereocenters. The Labute approximate surface area is 510 Å². The normalized spacial score (nSPS) is 14.5. The van der Waals surface area contributed by atoms with Crippen LogP contribution in [0, 0.1) is 17.8 Å². The number of aliphatic carboxylic acids is 5. The smallest absolute Gasteiger partial charge is 0.326 e. The molecule has 0 aliphatic carbocycles. The van der Waals surface area contributed by atoms with Gasteiger partial charge in [-0.2, -0.15) is 0 Å². The van der Waals surface area contributed by atoms with Gasteiger partial charge in [-0.15, -0.1) is 0 Å². The maximum atomic E-state index is 14.3. The zero-order chi connectivity index (χ0) is 67.4. The Morgan fingerprint density at radius 2 is 0.659 bits per heavy atom. The highest BCUT2D eigenvalue weighted by Gasteiger charge is 2.37. The van der Waals surface area contributed by atoms with Crippen molar-refractivity contribution in [3.05, 3.63) is 0 Å². The van der Waals surface area contributed by atoms with Gasteiger partial charge in [-0.3, -0.25) is 67.3 Å². The van der Waals surface area contributed by atoms with Crippen LogP contribution in [0.25, 0.3) is 0 Å². The molecule has 0 aliphatic heterocycles. The number of amides is 9. The molecule has 10 atom stereocenters. The summed E-state index contributed by atoms with van der Waals surface area (Å²) in [6.07, 6.45) is -3.44. The highest BCUT2D eigenvalue weighted by molar-refractivity contribution is 5.99. The minimum Gasteiger partial charge on any atom is -0.481 e. The summed E-state index contributed by atoms with van der Waals surface area (Å²) in [5.41, 5.74) is 28.0. The van der Waals surface area contributed by atoms with E-state index in [2.05, 4.69) is 52.8 Å². The van der Waals surface area contributed by atoms with E-state index in [9.17, 15) is 87.5 Å². The van der Waals surface area contributed by atoms with Crippen molar-refractivity contribution >= 4 is 89.0 Å². The number of rotatable bonds is 47. The first kappa shape index (κ1) is 79.7. The summed E-state index contributed by atoms with van der Waals surface area (Å²) in [4.78, 5) is 187. The van der Waals surface area contributed by atoms with Gasteiger partial charge in [0.2, 0.25) is 53.2 Å². The third-order valence-electron chi connectivity index (χ3n) is 13.4. The Kier molecular flexibility index (Phi) is 38.6. The zero-order valence-electron chi connectivity index (χ0n) is 50.9. The summed E-state index contributed by atoms with van der Waals surface area (Å²) < 4.78 is 0. The molecule has 9 amide bonds. The Balaban J connectivity index is 6.95. The first-order valence-electron chi connectivity index (χ1n) is 29.2. The molecule has 0 saturated carbocycles. The lowest BCUT2D eigenvalue weighted by atomic mass is 9.98. The van der Waals surface area contributed by atoms with E-state index in [1.54, 1.807) is 41.5 Å². The van der Waals surface area contributed by atoms with Gasteiger partial charge in [0.15, 0.2) is 5.96 Å². The van der Waals surface area contributed by atoms with E-state index in [4.69, 9.17) is 33.8 Å². The molecule has 0 heterocycles. The van der Waals surface area contributed by atoms with Gasteiger partial charge in [-0.05, 0) is 114 Å². The number of hydrogen-bond donors (Lipinski definition) is 19. The second-order valence-electron chi connectivity index (χ2n) is 22.2. The molecule has 0 fully saturated rings. The predicted molar refractivity (Wildman–Crippen MR) is 315 cm³/mol. The van der Waals surface area contributed by atoms with Gasteiger partial charge >= 0.3 is 29.8 Å². The van der Waals surface area contributed by atoms with Crippen molar-refractivity contribution < 1.29 is 92.7 Å². The van der Waals surface area contributed by atoms with Gasteiger partial charge in [0.05, 0.1) is 6.04 Å². The minimum atomic E-state index is -1.72. The summed E-state index contributed by atoms with van der Waals surface area (Å²) in [7, 11) is 0. The fourth-order valence-corrected chi connectivity index (χ4v) is 8.48. The molecule has 0 bridgehead atoms. The summed E-state index contributed by atoms with van der Waals surface area (Å²) in [5.74, 6) is -17.8. The van der Waals surface area contributed by atoms with Crippen LogP contribution < -0.4 is 76.5 Å². The molecule has 0 radical (unpaired) electrons. The molecule has 0 saturated heterocycles. The van der Waals surface area contributed by atoms with Gasteiger partial charge in [0.1, 0.15) is 54.4 Å². The largest absolute Gasteiger partial charge is 0.481 e. The van der Waals surface area contributed by atoms with Crippen molar-refractivity contribution in [3.8, 4) is 0 Å². The first-order chi connectivity index (χ1) is 41.1. The third kappa shape index (κ3) is 33.6.